The van der Waals surface area contributed by atoms with Gasteiger partial charge in [-0.1, -0.05) is 30.3 Å². The van der Waals surface area contributed by atoms with Gasteiger partial charge in [-0.3, -0.25) is 0 Å². The first-order valence-electron chi connectivity index (χ1n) is 6.50. The second-order valence-electron chi connectivity index (χ2n) is 4.79. The van der Waals surface area contributed by atoms with Crippen LogP contribution in [0, 0.1) is 0 Å². The van der Waals surface area contributed by atoms with E-state index in [1.165, 1.54) is 6.07 Å². The van der Waals surface area contributed by atoms with Crippen LogP contribution in [-0.2, 0) is 6.18 Å². The lowest BCUT2D eigenvalue weighted by Crippen LogP contribution is -2.05. The van der Waals surface area contributed by atoms with Crippen molar-refractivity contribution in [2.24, 2.45) is 0 Å². The normalized spacial score (nSPS) is 11.6. The summed E-state index contributed by atoms with van der Waals surface area (Å²) >= 11 is 0. The Balaban J connectivity index is 1.94. The fraction of sp³-hybridized carbons (Fsp3) is 0.0588. The van der Waals surface area contributed by atoms with Gasteiger partial charge in [-0.25, -0.2) is 0 Å². The number of phenolic OH excluding ortho intramolecular Hbond substituents is 1. The molecular formula is C17H11F3O2. The van der Waals surface area contributed by atoms with E-state index in [0.717, 1.165) is 22.9 Å². The molecule has 0 aliphatic rings. The summed E-state index contributed by atoms with van der Waals surface area (Å²) in [6.45, 7) is 0. The molecule has 0 spiro atoms. The van der Waals surface area contributed by atoms with Crippen molar-refractivity contribution >= 4 is 10.8 Å². The molecule has 1 N–H and O–H groups in total. The number of phenols is 1. The van der Waals surface area contributed by atoms with Crippen molar-refractivity contribution in [3.8, 4) is 17.2 Å². The molecule has 3 rings (SSSR count). The highest BCUT2D eigenvalue weighted by Crippen LogP contribution is 2.38. The Hall–Kier alpha value is -2.69. The number of ether oxygens (including phenoxy) is 1. The Morgan fingerprint density at radius 2 is 1.41 bits per heavy atom. The van der Waals surface area contributed by atoms with E-state index in [4.69, 9.17) is 4.74 Å². The minimum absolute atomic E-state index is 0.0143. The average Bonchev–Trinajstić information content (AvgIpc) is 2.48. The van der Waals surface area contributed by atoms with Crippen molar-refractivity contribution < 1.29 is 23.0 Å². The van der Waals surface area contributed by atoms with Gasteiger partial charge < -0.3 is 9.84 Å². The third-order valence-electron chi connectivity index (χ3n) is 3.23. The molecule has 0 aliphatic carbocycles. The van der Waals surface area contributed by atoms with Gasteiger partial charge in [-0.2, -0.15) is 13.2 Å². The zero-order valence-electron chi connectivity index (χ0n) is 11.3. The monoisotopic (exact) mass is 304 g/mol. The van der Waals surface area contributed by atoms with Crippen LogP contribution in [0.5, 0.6) is 17.2 Å². The number of rotatable bonds is 2. The summed E-state index contributed by atoms with van der Waals surface area (Å²) in [4.78, 5) is 0. The molecule has 0 saturated heterocycles. The van der Waals surface area contributed by atoms with Gasteiger partial charge in [0.05, 0.1) is 0 Å². The first-order chi connectivity index (χ1) is 10.4. The summed E-state index contributed by atoms with van der Waals surface area (Å²) in [6.07, 6.45) is -4.63. The molecule has 22 heavy (non-hydrogen) atoms. The van der Waals surface area contributed by atoms with Crippen LogP contribution < -0.4 is 4.74 Å². The molecule has 0 saturated carbocycles. The van der Waals surface area contributed by atoms with Crippen molar-refractivity contribution in [1.29, 1.82) is 0 Å². The molecule has 112 valence electrons. The number of hydrogen-bond donors (Lipinski definition) is 1. The Kier molecular flexibility index (Phi) is 3.41. The summed E-state index contributed by atoms with van der Waals surface area (Å²) in [7, 11) is 0. The zero-order valence-corrected chi connectivity index (χ0v) is 11.3. The highest BCUT2D eigenvalue weighted by atomic mass is 19.4. The van der Waals surface area contributed by atoms with Crippen LogP contribution in [-0.4, -0.2) is 5.11 Å². The fourth-order valence-electron chi connectivity index (χ4n) is 2.17. The number of halogens is 3. The van der Waals surface area contributed by atoms with Crippen molar-refractivity contribution in [1.82, 2.24) is 0 Å². The predicted molar refractivity (Wildman–Crippen MR) is 77.1 cm³/mol. The maximum Gasteiger partial charge on any atom is 0.420 e. The van der Waals surface area contributed by atoms with Crippen LogP contribution in [0.15, 0.2) is 60.7 Å². The van der Waals surface area contributed by atoms with Gasteiger partial charge in [0.15, 0.2) is 0 Å². The smallest absolute Gasteiger partial charge is 0.420 e. The van der Waals surface area contributed by atoms with E-state index in [-0.39, 0.29) is 5.75 Å². The minimum Gasteiger partial charge on any atom is -0.507 e. The Labute approximate surface area is 124 Å². The van der Waals surface area contributed by atoms with Gasteiger partial charge in [0.1, 0.15) is 22.8 Å². The van der Waals surface area contributed by atoms with Gasteiger partial charge in [-0.15, -0.1) is 0 Å². The summed E-state index contributed by atoms with van der Waals surface area (Å²) in [5.41, 5.74) is -1.12. The number of aromatic hydroxyl groups is 1. The maximum absolute atomic E-state index is 12.8. The van der Waals surface area contributed by atoms with E-state index >= 15 is 0 Å². The highest BCUT2D eigenvalue weighted by Gasteiger charge is 2.34. The van der Waals surface area contributed by atoms with Crippen LogP contribution in [0.1, 0.15) is 5.56 Å². The molecular weight excluding hydrogens is 293 g/mol. The maximum atomic E-state index is 12.8. The summed E-state index contributed by atoms with van der Waals surface area (Å²) in [6, 6.07) is 15.9. The third kappa shape index (κ3) is 2.83. The number of benzene rings is 3. The number of fused-ring (bicyclic) bond motifs is 1. The van der Waals surface area contributed by atoms with Crippen molar-refractivity contribution in [2.45, 2.75) is 6.18 Å². The molecule has 2 nitrogen and oxygen atoms in total. The lowest BCUT2D eigenvalue weighted by molar-refractivity contribution is -0.138. The van der Waals surface area contributed by atoms with Crippen LogP contribution in [0.25, 0.3) is 10.8 Å². The van der Waals surface area contributed by atoms with Gasteiger partial charge in [-0.05, 0) is 41.1 Å². The lowest BCUT2D eigenvalue weighted by atomic mass is 10.1. The second-order valence-corrected chi connectivity index (χ2v) is 4.79. The van der Waals surface area contributed by atoms with E-state index in [1.54, 1.807) is 12.1 Å². The molecule has 0 unspecified atom stereocenters. The number of alkyl halides is 3. The molecule has 0 heterocycles. The molecule has 3 aromatic carbocycles. The van der Waals surface area contributed by atoms with E-state index in [0.29, 0.717) is 5.75 Å². The highest BCUT2D eigenvalue weighted by molar-refractivity contribution is 5.83. The zero-order chi connectivity index (χ0) is 15.7. The standard InChI is InChI=1S/C17H11F3O2/c18-17(19,20)15-10-14(7-8-16(15)21)22-13-6-5-11-3-1-2-4-12(11)9-13/h1-10,21H. The quantitative estimate of drug-likeness (QED) is 0.691. The van der Waals surface area contributed by atoms with E-state index in [2.05, 4.69) is 0 Å². The largest absolute Gasteiger partial charge is 0.507 e. The first kappa shape index (κ1) is 14.3. The van der Waals surface area contributed by atoms with Crippen molar-refractivity contribution in [3.63, 3.8) is 0 Å². The molecule has 0 amide bonds. The van der Waals surface area contributed by atoms with Crippen LogP contribution in [0.3, 0.4) is 0 Å². The lowest BCUT2D eigenvalue weighted by Gasteiger charge is -2.12. The molecule has 0 aromatic heterocycles. The molecule has 0 fully saturated rings. The predicted octanol–water partition coefficient (Wildman–Crippen LogP) is 5.36. The topological polar surface area (TPSA) is 29.5 Å². The van der Waals surface area contributed by atoms with E-state index in [1.807, 2.05) is 30.3 Å². The Morgan fingerprint density at radius 3 is 2.14 bits per heavy atom. The SMILES string of the molecule is Oc1ccc(Oc2ccc3ccccc3c2)cc1C(F)(F)F. The molecule has 0 radical (unpaired) electrons. The minimum atomic E-state index is -4.63. The summed E-state index contributed by atoms with van der Waals surface area (Å²) < 4.78 is 43.7. The molecule has 5 heteroatoms. The second kappa shape index (κ2) is 5.26. The van der Waals surface area contributed by atoms with Gasteiger partial charge in [0.2, 0.25) is 0 Å². The van der Waals surface area contributed by atoms with Gasteiger partial charge in [0.25, 0.3) is 0 Å². The molecule has 0 aliphatic heterocycles. The fourth-order valence-corrected chi connectivity index (χ4v) is 2.17. The summed E-state index contributed by atoms with van der Waals surface area (Å²) in [5, 5.41) is 11.2. The van der Waals surface area contributed by atoms with E-state index in [9.17, 15) is 18.3 Å². The Morgan fingerprint density at radius 1 is 0.773 bits per heavy atom. The van der Waals surface area contributed by atoms with Crippen LogP contribution >= 0.6 is 0 Å². The van der Waals surface area contributed by atoms with Crippen LogP contribution in [0.4, 0.5) is 13.2 Å². The van der Waals surface area contributed by atoms with Crippen molar-refractivity contribution in [3.05, 3.63) is 66.2 Å². The van der Waals surface area contributed by atoms with Gasteiger partial charge in [0, 0.05) is 0 Å². The molecule has 3 aromatic rings. The third-order valence-corrected chi connectivity index (χ3v) is 3.23. The average molecular weight is 304 g/mol. The van der Waals surface area contributed by atoms with E-state index < -0.39 is 17.5 Å². The Bertz CT molecular complexity index is 825. The number of hydrogen-bond acceptors (Lipinski definition) is 2. The summed E-state index contributed by atoms with van der Waals surface area (Å²) in [5.74, 6) is -0.378. The first-order valence-corrected chi connectivity index (χ1v) is 6.50. The van der Waals surface area contributed by atoms with Crippen LogP contribution in [0.2, 0.25) is 0 Å². The van der Waals surface area contributed by atoms with Crippen molar-refractivity contribution in [2.75, 3.05) is 0 Å². The molecule has 0 atom stereocenters. The van der Waals surface area contributed by atoms with Gasteiger partial charge >= 0.3 is 6.18 Å². The molecule has 0 bridgehead atoms.